The zero-order valence-electron chi connectivity index (χ0n) is 29.9. The van der Waals surface area contributed by atoms with Crippen molar-refractivity contribution in [1.29, 1.82) is 10.5 Å². The van der Waals surface area contributed by atoms with Crippen molar-refractivity contribution >= 4 is 69.3 Å². The van der Waals surface area contributed by atoms with Gasteiger partial charge in [-0.3, -0.25) is 28.9 Å². The molecule has 268 valence electrons. The van der Waals surface area contributed by atoms with Gasteiger partial charge >= 0.3 is 0 Å². The Balaban J connectivity index is 1.09. The van der Waals surface area contributed by atoms with E-state index in [2.05, 4.69) is 21.8 Å². The number of Topliss-reactive ketones (excluding diaryl/α,β-unsaturated/α-hetero) is 4. The first-order chi connectivity index (χ1) is 27.2. The molecule has 4 aromatic rings. The maximum Gasteiger partial charge on any atom is 0.197 e. The van der Waals surface area contributed by atoms with Gasteiger partial charge in [0.1, 0.15) is 12.1 Å². The topological polar surface area (TPSA) is 125 Å². The number of nitriles is 2. The summed E-state index contributed by atoms with van der Waals surface area (Å²) in [6.45, 7) is 14.9. The fourth-order valence-corrected chi connectivity index (χ4v) is 13.2. The molecule has 0 atom stereocenters. The third kappa shape index (κ3) is 4.40. The van der Waals surface area contributed by atoms with E-state index in [4.69, 9.17) is 13.1 Å². The number of nitrogens with zero attached hydrogens (tertiary/aromatic N) is 4. The molecule has 6 aliphatic rings. The first kappa shape index (κ1) is 34.2. The molecule has 6 aliphatic carbocycles. The molecular formula is C46H28N4O4S2. The molecule has 2 aromatic heterocycles. The van der Waals surface area contributed by atoms with Crippen LogP contribution in [0.4, 0.5) is 11.4 Å². The van der Waals surface area contributed by atoms with Gasteiger partial charge in [-0.05, 0) is 84.4 Å². The summed E-state index contributed by atoms with van der Waals surface area (Å²) in [5.41, 5.74) is 5.46. The fraction of sp³-hybridized carbons (Fsp3) is 0.261. The molecule has 2 heterocycles. The molecule has 2 fully saturated rings. The van der Waals surface area contributed by atoms with Crippen molar-refractivity contribution < 1.29 is 19.2 Å². The van der Waals surface area contributed by atoms with Gasteiger partial charge in [-0.2, -0.15) is 10.5 Å². The Labute approximate surface area is 330 Å². The van der Waals surface area contributed by atoms with E-state index in [0.717, 1.165) is 79.5 Å². The van der Waals surface area contributed by atoms with Crippen LogP contribution in [0.5, 0.6) is 0 Å². The van der Waals surface area contributed by atoms with Crippen molar-refractivity contribution in [3.05, 3.63) is 136 Å². The largest absolute Gasteiger partial charge is 0.288 e. The van der Waals surface area contributed by atoms with Crippen LogP contribution in [-0.4, -0.2) is 23.1 Å². The molecule has 10 rings (SSSR count). The Kier molecular flexibility index (Phi) is 7.39. The van der Waals surface area contributed by atoms with Crippen LogP contribution in [0.1, 0.15) is 143 Å². The average Bonchev–Trinajstić information content (AvgIpc) is 4.03. The molecule has 2 saturated carbocycles. The van der Waals surface area contributed by atoms with Crippen LogP contribution >= 0.6 is 22.7 Å². The van der Waals surface area contributed by atoms with Crippen LogP contribution in [0.2, 0.25) is 0 Å². The van der Waals surface area contributed by atoms with E-state index in [-0.39, 0.29) is 66.7 Å². The summed E-state index contributed by atoms with van der Waals surface area (Å²) in [4.78, 5) is 66.0. The van der Waals surface area contributed by atoms with Gasteiger partial charge in [-0.15, -0.1) is 22.7 Å². The van der Waals surface area contributed by atoms with Crippen LogP contribution < -0.4 is 0 Å². The van der Waals surface area contributed by atoms with Gasteiger partial charge in [0.05, 0.1) is 35.4 Å². The van der Waals surface area contributed by atoms with Gasteiger partial charge in [0.2, 0.25) is 0 Å². The van der Waals surface area contributed by atoms with Crippen LogP contribution in [-0.2, 0) is 10.8 Å². The van der Waals surface area contributed by atoms with Crippen molar-refractivity contribution in [2.24, 2.45) is 0 Å². The van der Waals surface area contributed by atoms with Gasteiger partial charge < -0.3 is 0 Å². The molecule has 0 radical (unpaired) electrons. The number of hydrogen-bond acceptors (Lipinski definition) is 8. The first-order valence-electron chi connectivity index (χ1n) is 18.8. The summed E-state index contributed by atoms with van der Waals surface area (Å²) >= 11 is 3.36. The molecule has 10 heteroatoms. The van der Waals surface area contributed by atoms with Gasteiger partial charge in [0.15, 0.2) is 34.5 Å². The lowest BCUT2D eigenvalue weighted by Crippen LogP contribution is -2.35. The second kappa shape index (κ2) is 12.1. The maximum atomic E-state index is 13.8. The molecule has 0 bridgehead atoms. The van der Waals surface area contributed by atoms with Gasteiger partial charge in [-0.25, -0.2) is 0 Å². The molecule has 56 heavy (non-hydrogen) atoms. The second-order valence-electron chi connectivity index (χ2n) is 15.5. The molecule has 2 aromatic carbocycles. The molecule has 2 spiro atoms. The maximum absolute atomic E-state index is 13.8. The van der Waals surface area contributed by atoms with Crippen LogP contribution in [0.3, 0.4) is 0 Å². The standard InChI is InChI=1S/C46H28N4O4S2/c1-49-34-19-29-30(20-35(34)50-2)42(54)32(41(29)53)17-26-18-33-43(55-26)44-38(46(33)11-7-4-8-12-46)37-36(56-44)16-25(45(37)9-5-3-6-10-45)15-31-39(51)27-13-23(21-47)24(22-48)14-28(27)40(31)52/h13-20H,3-12H2. The Morgan fingerprint density at radius 3 is 1.62 bits per heavy atom. The normalized spacial score (nSPS) is 19.1. The van der Waals surface area contributed by atoms with E-state index in [1.54, 1.807) is 28.7 Å². The molecule has 0 amide bonds. The Morgan fingerprint density at radius 2 is 1.11 bits per heavy atom. The fourth-order valence-electron chi connectivity index (χ4n) is 10.4. The number of carbonyl (C=O) groups excluding carboxylic acids is 4. The SMILES string of the molecule is [C-]#[N+]c1cc2c(cc1[N+]#[C-])C(=O)C(=Cc1cc3c(s1)-c1sc4c(c1C31CCCCC1)C1(CCCCC1)C(C=C1C(=O)c3cc(C#N)c(C#N)cc3C1=O)=C4)C2=O. The zero-order chi connectivity index (χ0) is 38.7. The number of benzene rings is 2. The van der Waals surface area contributed by atoms with Crippen molar-refractivity contribution in [2.75, 3.05) is 0 Å². The van der Waals surface area contributed by atoms with Gasteiger partial charge in [0.25, 0.3) is 0 Å². The predicted octanol–water partition coefficient (Wildman–Crippen LogP) is 11.0. The van der Waals surface area contributed by atoms with E-state index >= 15 is 0 Å². The number of ketones is 4. The van der Waals surface area contributed by atoms with Crippen molar-refractivity contribution in [3.8, 4) is 21.9 Å². The number of carbonyl (C=O) groups is 4. The summed E-state index contributed by atoms with van der Waals surface area (Å²) in [5.74, 6) is -1.67. The lowest BCUT2D eigenvalue weighted by molar-refractivity contribution is 0.0974. The highest BCUT2D eigenvalue weighted by atomic mass is 32.1. The minimum atomic E-state index is -0.424. The Bertz CT molecular complexity index is 2780. The third-order valence-corrected chi connectivity index (χ3v) is 15.3. The summed E-state index contributed by atoms with van der Waals surface area (Å²) in [6.07, 6.45) is 15.9. The van der Waals surface area contributed by atoms with Crippen LogP contribution in [0, 0.1) is 35.8 Å². The van der Waals surface area contributed by atoms with Crippen molar-refractivity contribution in [3.63, 3.8) is 0 Å². The lowest BCUT2D eigenvalue weighted by atomic mass is 9.61. The summed E-state index contributed by atoms with van der Waals surface area (Å²) in [7, 11) is 0. The molecule has 8 nitrogen and oxygen atoms in total. The Morgan fingerprint density at radius 1 is 0.607 bits per heavy atom. The number of thiophene rings is 2. The van der Waals surface area contributed by atoms with Crippen molar-refractivity contribution in [1.82, 2.24) is 0 Å². The lowest BCUT2D eigenvalue weighted by Gasteiger charge is -2.42. The predicted molar refractivity (Wildman–Crippen MR) is 212 cm³/mol. The minimum absolute atomic E-state index is 0.0530. The van der Waals surface area contributed by atoms with E-state index in [1.165, 1.54) is 50.7 Å². The average molecular weight is 765 g/mol. The van der Waals surface area contributed by atoms with Crippen molar-refractivity contribution in [2.45, 2.75) is 75.0 Å². The van der Waals surface area contributed by atoms with E-state index in [9.17, 15) is 29.7 Å². The highest BCUT2D eigenvalue weighted by molar-refractivity contribution is 7.23. The molecule has 0 saturated heterocycles. The monoisotopic (exact) mass is 764 g/mol. The molecule has 0 aliphatic heterocycles. The van der Waals surface area contributed by atoms with Crippen LogP contribution in [0.15, 0.2) is 53.1 Å². The van der Waals surface area contributed by atoms with E-state index in [0.29, 0.717) is 0 Å². The number of allylic oxidation sites excluding steroid dienone is 4. The third-order valence-electron chi connectivity index (χ3n) is 12.9. The molecule has 0 N–H and O–H groups in total. The molecular weight excluding hydrogens is 737 g/mol. The smallest absolute Gasteiger partial charge is 0.197 e. The highest BCUT2D eigenvalue weighted by Gasteiger charge is 2.54. The van der Waals surface area contributed by atoms with Gasteiger partial charge in [-0.1, -0.05) is 50.7 Å². The van der Waals surface area contributed by atoms with Crippen LogP contribution in [0.25, 0.3) is 31.6 Å². The summed E-state index contributed by atoms with van der Waals surface area (Å²) in [5, 5.41) is 19.2. The van der Waals surface area contributed by atoms with E-state index in [1.807, 2.05) is 18.2 Å². The Hall–Kier alpha value is -6.30. The first-order valence-corrected chi connectivity index (χ1v) is 20.4. The summed E-state index contributed by atoms with van der Waals surface area (Å²) < 4.78 is 0. The molecule has 0 unspecified atom stereocenters. The van der Waals surface area contributed by atoms with E-state index < -0.39 is 23.1 Å². The number of fused-ring (bicyclic) bond motifs is 10. The highest BCUT2D eigenvalue weighted by Crippen LogP contribution is 2.67. The van der Waals surface area contributed by atoms with Gasteiger partial charge in [0, 0.05) is 52.6 Å². The minimum Gasteiger partial charge on any atom is -0.288 e. The quantitative estimate of drug-likeness (QED) is 0.114. The zero-order valence-corrected chi connectivity index (χ0v) is 31.6. The number of hydrogen-bond donors (Lipinski definition) is 0. The number of rotatable bonds is 2. The summed E-state index contributed by atoms with van der Waals surface area (Å²) in [6, 6.07) is 11.6. The second-order valence-corrected chi connectivity index (χ2v) is 17.7.